The van der Waals surface area contributed by atoms with Crippen molar-refractivity contribution in [2.75, 3.05) is 14.2 Å². The first kappa shape index (κ1) is 13.0. The largest absolute Gasteiger partial charge is 0.495 e. The van der Waals surface area contributed by atoms with E-state index in [1.165, 1.54) is 14.2 Å². The molecule has 0 aliphatic carbocycles. The summed E-state index contributed by atoms with van der Waals surface area (Å²) in [5, 5.41) is 9.83. The molecule has 1 unspecified atom stereocenters. The highest BCUT2D eigenvalue weighted by Gasteiger charge is 2.25. The Hall–Kier alpha value is -1.07. The summed E-state index contributed by atoms with van der Waals surface area (Å²) < 4.78 is 10.3. The molecule has 0 spiro atoms. The zero-order chi connectivity index (χ0) is 12.3. The number of hydrogen-bond acceptors (Lipinski definition) is 4. The third kappa shape index (κ3) is 2.36. The second-order valence-electron chi connectivity index (χ2n) is 3.24. The van der Waals surface area contributed by atoms with E-state index in [1.807, 2.05) is 0 Å². The van der Waals surface area contributed by atoms with Gasteiger partial charge in [0, 0.05) is 5.56 Å². The third-order valence-corrected chi connectivity index (χ3v) is 2.89. The summed E-state index contributed by atoms with van der Waals surface area (Å²) in [7, 11) is 2.71. The van der Waals surface area contributed by atoms with Gasteiger partial charge in [-0.3, -0.25) is 0 Å². The molecule has 1 N–H and O–H groups in total. The van der Waals surface area contributed by atoms with Gasteiger partial charge in [-0.2, -0.15) is 0 Å². The van der Waals surface area contributed by atoms with Crippen LogP contribution < -0.4 is 4.74 Å². The van der Waals surface area contributed by atoms with Gasteiger partial charge in [0.2, 0.25) is 0 Å². The van der Waals surface area contributed by atoms with Gasteiger partial charge in [-0.15, -0.1) is 0 Å². The number of carbonyl (C=O) groups is 1. The highest BCUT2D eigenvalue weighted by Crippen LogP contribution is 2.35. The van der Waals surface area contributed by atoms with Gasteiger partial charge in [0.25, 0.3) is 0 Å². The molecule has 4 nitrogen and oxygen atoms in total. The Labute approximate surface area is 102 Å². The maximum absolute atomic E-state index is 11.3. The van der Waals surface area contributed by atoms with E-state index in [0.717, 1.165) is 5.56 Å². The predicted octanol–water partition coefficient (Wildman–Crippen LogP) is 1.97. The van der Waals surface area contributed by atoms with Gasteiger partial charge in [0.15, 0.2) is 6.10 Å². The van der Waals surface area contributed by atoms with Crippen LogP contribution in [0.25, 0.3) is 0 Å². The van der Waals surface area contributed by atoms with E-state index in [-0.39, 0.29) is 0 Å². The van der Waals surface area contributed by atoms with Gasteiger partial charge in [0.05, 0.1) is 18.7 Å². The van der Waals surface area contributed by atoms with Gasteiger partial charge >= 0.3 is 5.97 Å². The first-order valence-electron chi connectivity index (χ1n) is 4.61. The van der Waals surface area contributed by atoms with Crippen LogP contribution >= 0.6 is 15.9 Å². The van der Waals surface area contributed by atoms with Crippen LogP contribution in [0.3, 0.4) is 0 Å². The van der Waals surface area contributed by atoms with Crippen LogP contribution in [0.15, 0.2) is 16.6 Å². The number of esters is 1. The van der Waals surface area contributed by atoms with Gasteiger partial charge in [-0.05, 0) is 34.5 Å². The molecule has 88 valence electrons. The molecule has 0 aliphatic heterocycles. The van der Waals surface area contributed by atoms with E-state index in [0.29, 0.717) is 15.8 Å². The van der Waals surface area contributed by atoms with Crippen LogP contribution in [0.5, 0.6) is 5.75 Å². The van der Waals surface area contributed by atoms with Gasteiger partial charge in [0.1, 0.15) is 5.75 Å². The molecule has 0 heterocycles. The van der Waals surface area contributed by atoms with E-state index in [2.05, 4.69) is 20.7 Å². The molecule has 1 rings (SSSR count). The standard InChI is InChI=1S/C11H13BrO4/c1-6-4-5-7(12)10(15-2)8(6)9(13)11(14)16-3/h4-5,9,13H,1-3H3. The van der Waals surface area contributed by atoms with Crippen LogP contribution in [-0.4, -0.2) is 25.3 Å². The fraction of sp³-hybridized carbons (Fsp3) is 0.364. The summed E-state index contributed by atoms with van der Waals surface area (Å²) in [6.45, 7) is 1.79. The quantitative estimate of drug-likeness (QED) is 0.864. The number of aliphatic hydroxyl groups excluding tert-OH is 1. The Morgan fingerprint density at radius 1 is 1.44 bits per heavy atom. The Balaban J connectivity index is 3.30. The normalized spacial score (nSPS) is 12.1. The summed E-state index contributed by atoms with van der Waals surface area (Å²) in [5.41, 5.74) is 1.18. The molecule has 0 aromatic heterocycles. The zero-order valence-corrected chi connectivity index (χ0v) is 10.9. The highest BCUT2D eigenvalue weighted by molar-refractivity contribution is 9.10. The lowest BCUT2D eigenvalue weighted by Crippen LogP contribution is -2.15. The summed E-state index contributed by atoms with van der Waals surface area (Å²) in [6.07, 6.45) is -1.34. The first-order chi connectivity index (χ1) is 7.52. The zero-order valence-electron chi connectivity index (χ0n) is 9.28. The van der Waals surface area contributed by atoms with Gasteiger partial charge < -0.3 is 14.6 Å². The molecule has 0 radical (unpaired) electrons. The smallest absolute Gasteiger partial charge is 0.339 e. The Kier molecular flexibility index (Phi) is 4.32. The van der Waals surface area contributed by atoms with Crippen LogP contribution in [0.1, 0.15) is 17.2 Å². The third-order valence-electron chi connectivity index (χ3n) is 2.27. The molecule has 0 saturated carbocycles. The Morgan fingerprint density at radius 3 is 2.56 bits per heavy atom. The van der Waals surface area contributed by atoms with E-state index in [4.69, 9.17) is 4.74 Å². The molecule has 1 atom stereocenters. The number of aliphatic hydroxyl groups is 1. The van der Waals surface area contributed by atoms with E-state index in [1.54, 1.807) is 19.1 Å². The maximum Gasteiger partial charge on any atom is 0.339 e. The van der Waals surface area contributed by atoms with Crippen LogP contribution in [0, 0.1) is 6.92 Å². The van der Waals surface area contributed by atoms with E-state index in [9.17, 15) is 9.90 Å². The monoisotopic (exact) mass is 288 g/mol. The fourth-order valence-electron chi connectivity index (χ4n) is 1.45. The Morgan fingerprint density at radius 2 is 2.06 bits per heavy atom. The number of methoxy groups -OCH3 is 2. The number of hydrogen-bond donors (Lipinski definition) is 1. The number of aryl methyl sites for hydroxylation is 1. The molecule has 0 saturated heterocycles. The number of benzene rings is 1. The minimum atomic E-state index is -1.34. The molecule has 0 bridgehead atoms. The number of halogens is 1. The lowest BCUT2D eigenvalue weighted by atomic mass is 10.0. The lowest BCUT2D eigenvalue weighted by molar-refractivity contribution is -0.150. The molecule has 0 amide bonds. The van der Waals surface area contributed by atoms with Crippen LogP contribution in [-0.2, 0) is 9.53 Å². The minimum Gasteiger partial charge on any atom is -0.495 e. The highest BCUT2D eigenvalue weighted by atomic mass is 79.9. The number of ether oxygens (including phenoxy) is 2. The van der Waals surface area contributed by atoms with Crippen molar-refractivity contribution < 1.29 is 19.4 Å². The van der Waals surface area contributed by atoms with Crippen molar-refractivity contribution in [1.29, 1.82) is 0 Å². The van der Waals surface area contributed by atoms with E-state index < -0.39 is 12.1 Å². The molecule has 16 heavy (non-hydrogen) atoms. The van der Waals surface area contributed by atoms with Crippen molar-refractivity contribution in [1.82, 2.24) is 0 Å². The second kappa shape index (κ2) is 5.32. The predicted molar refractivity (Wildman–Crippen MR) is 62.4 cm³/mol. The number of carbonyl (C=O) groups excluding carboxylic acids is 1. The first-order valence-corrected chi connectivity index (χ1v) is 5.41. The molecule has 0 fully saturated rings. The van der Waals surface area contributed by atoms with Crippen molar-refractivity contribution in [3.05, 3.63) is 27.7 Å². The van der Waals surface area contributed by atoms with Crippen molar-refractivity contribution in [2.45, 2.75) is 13.0 Å². The summed E-state index contributed by atoms with van der Waals surface area (Å²) in [6, 6.07) is 3.58. The molecular formula is C11H13BrO4. The van der Waals surface area contributed by atoms with Crippen LogP contribution in [0.4, 0.5) is 0 Å². The van der Waals surface area contributed by atoms with Crippen molar-refractivity contribution in [3.63, 3.8) is 0 Å². The van der Waals surface area contributed by atoms with Crippen molar-refractivity contribution in [3.8, 4) is 5.75 Å². The molecule has 0 aliphatic rings. The topological polar surface area (TPSA) is 55.8 Å². The van der Waals surface area contributed by atoms with Crippen molar-refractivity contribution >= 4 is 21.9 Å². The minimum absolute atomic E-state index is 0.420. The maximum atomic E-state index is 11.3. The average Bonchev–Trinajstić information content (AvgIpc) is 2.29. The van der Waals surface area contributed by atoms with Crippen LogP contribution in [0.2, 0.25) is 0 Å². The van der Waals surface area contributed by atoms with Crippen molar-refractivity contribution in [2.24, 2.45) is 0 Å². The molecule has 1 aromatic rings. The average molecular weight is 289 g/mol. The summed E-state index contributed by atoms with van der Waals surface area (Å²) in [4.78, 5) is 11.3. The fourth-order valence-corrected chi connectivity index (χ4v) is 1.96. The summed E-state index contributed by atoms with van der Waals surface area (Å²) in [5.74, 6) is -0.266. The van der Waals surface area contributed by atoms with Gasteiger partial charge in [-0.1, -0.05) is 6.07 Å². The lowest BCUT2D eigenvalue weighted by Gasteiger charge is -2.16. The second-order valence-corrected chi connectivity index (χ2v) is 4.09. The SMILES string of the molecule is COC(=O)C(O)c1c(C)ccc(Br)c1OC. The number of rotatable bonds is 3. The molecule has 5 heteroatoms. The Bertz CT molecular complexity index is 403. The molecular weight excluding hydrogens is 276 g/mol. The molecule has 1 aromatic carbocycles. The van der Waals surface area contributed by atoms with Gasteiger partial charge in [-0.25, -0.2) is 4.79 Å². The summed E-state index contributed by atoms with van der Waals surface area (Å²) >= 11 is 3.29. The van der Waals surface area contributed by atoms with E-state index >= 15 is 0 Å².